The largest absolute Gasteiger partial charge is 0.132 e. The highest BCUT2D eigenvalue weighted by molar-refractivity contribution is 8.11. The summed E-state index contributed by atoms with van der Waals surface area (Å²) in [4.78, 5) is 0. The summed E-state index contributed by atoms with van der Waals surface area (Å²) in [6, 6.07) is 0. The molecule has 0 heterocycles. The van der Waals surface area contributed by atoms with Crippen molar-refractivity contribution in [3.05, 3.63) is 11.6 Å². The van der Waals surface area contributed by atoms with Crippen molar-refractivity contribution in [3.8, 4) is 0 Å². The van der Waals surface area contributed by atoms with Gasteiger partial charge in [0.1, 0.15) is 0 Å². The van der Waals surface area contributed by atoms with E-state index in [-0.39, 0.29) is 0 Å². The van der Waals surface area contributed by atoms with E-state index in [1.54, 1.807) is 0 Å². The first-order valence-corrected chi connectivity index (χ1v) is 4.42. The first-order chi connectivity index (χ1) is 4.66. The molecule has 0 N–H and O–H groups in total. The number of unbranched alkanes of at least 4 members (excludes halogenated alkanes) is 1. The molecule has 2 heteroatoms. The van der Waals surface area contributed by atoms with Crippen molar-refractivity contribution in [1.29, 1.82) is 0 Å². The second-order valence-corrected chi connectivity index (χ2v) is 3.66. The van der Waals surface area contributed by atoms with Crippen LogP contribution in [-0.2, 0) is 0 Å². The van der Waals surface area contributed by atoms with Crippen molar-refractivity contribution >= 4 is 29.0 Å². The summed E-state index contributed by atoms with van der Waals surface area (Å²) < 4.78 is 0.689. The molecule has 0 amide bonds. The lowest BCUT2D eigenvalue weighted by atomic mass is 10.1. The van der Waals surface area contributed by atoms with E-state index in [0.29, 0.717) is 4.20 Å². The maximum Gasteiger partial charge on any atom is 0.0674 e. The summed E-state index contributed by atoms with van der Waals surface area (Å²) in [5.74, 6) is 0. The minimum atomic E-state index is 0.689. The van der Waals surface area contributed by atoms with Crippen molar-refractivity contribution < 1.29 is 0 Å². The molecule has 0 nitrogen and oxygen atoms in total. The Morgan fingerprint density at radius 3 is 2.60 bits per heavy atom. The van der Waals surface area contributed by atoms with E-state index >= 15 is 0 Å². The number of allylic oxidation sites excluding steroid dienone is 1. The predicted octanol–water partition coefficient (Wildman–Crippen LogP) is 3.38. The number of hydrogen-bond donors (Lipinski definition) is 1. The summed E-state index contributed by atoms with van der Waals surface area (Å²) in [7, 11) is 0. The summed E-state index contributed by atoms with van der Waals surface area (Å²) >= 11 is 8.82. The highest BCUT2D eigenvalue weighted by Crippen LogP contribution is 2.06. The molecule has 0 atom stereocenters. The fourth-order valence-corrected chi connectivity index (χ4v) is 1.16. The molecule has 0 spiro atoms. The Labute approximate surface area is 74.1 Å². The van der Waals surface area contributed by atoms with Gasteiger partial charge in [0.25, 0.3) is 0 Å². The molecule has 0 fully saturated rings. The predicted molar refractivity (Wildman–Crippen MR) is 54.9 cm³/mol. The second kappa shape index (κ2) is 5.93. The molecular weight excluding hydrogens is 160 g/mol. The Morgan fingerprint density at radius 2 is 2.20 bits per heavy atom. The van der Waals surface area contributed by atoms with Crippen LogP contribution in [0.4, 0.5) is 0 Å². The van der Waals surface area contributed by atoms with E-state index in [1.165, 1.54) is 18.4 Å². The SMILES string of the molecule is CCCCC(C)=CC(=S)S. The van der Waals surface area contributed by atoms with Crippen LogP contribution in [0.1, 0.15) is 33.1 Å². The van der Waals surface area contributed by atoms with Crippen molar-refractivity contribution in [2.75, 3.05) is 0 Å². The zero-order valence-electron chi connectivity index (χ0n) is 6.55. The van der Waals surface area contributed by atoms with E-state index in [1.807, 2.05) is 6.08 Å². The van der Waals surface area contributed by atoms with Crippen LogP contribution in [0.2, 0.25) is 0 Å². The molecule has 0 aliphatic rings. The standard InChI is InChI=1S/C8H14S2/c1-3-4-5-7(2)6-8(9)10/h6H,3-5H2,1-2H3,(H,9,10). The van der Waals surface area contributed by atoms with Gasteiger partial charge in [0.15, 0.2) is 0 Å². The summed E-state index contributed by atoms with van der Waals surface area (Å²) in [5.41, 5.74) is 1.34. The molecule has 0 saturated carbocycles. The number of thiol groups is 1. The van der Waals surface area contributed by atoms with Crippen LogP contribution in [0.25, 0.3) is 0 Å². The van der Waals surface area contributed by atoms with Crippen LogP contribution >= 0.6 is 24.8 Å². The fraction of sp³-hybridized carbons (Fsp3) is 0.625. The quantitative estimate of drug-likeness (QED) is 0.387. The van der Waals surface area contributed by atoms with Crippen LogP contribution in [0.5, 0.6) is 0 Å². The van der Waals surface area contributed by atoms with Crippen molar-refractivity contribution in [2.45, 2.75) is 33.1 Å². The monoisotopic (exact) mass is 174 g/mol. The van der Waals surface area contributed by atoms with Crippen molar-refractivity contribution in [2.24, 2.45) is 0 Å². The average molecular weight is 174 g/mol. The summed E-state index contributed by atoms with van der Waals surface area (Å²) in [6.07, 6.45) is 5.59. The Balaban J connectivity index is 3.60. The molecule has 0 unspecified atom stereocenters. The zero-order chi connectivity index (χ0) is 7.98. The normalized spacial score (nSPS) is 11.7. The van der Waals surface area contributed by atoms with E-state index in [9.17, 15) is 0 Å². The first-order valence-electron chi connectivity index (χ1n) is 3.57. The van der Waals surface area contributed by atoms with E-state index in [4.69, 9.17) is 12.2 Å². The van der Waals surface area contributed by atoms with Gasteiger partial charge in [-0.1, -0.05) is 31.1 Å². The van der Waals surface area contributed by atoms with Gasteiger partial charge >= 0.3 is 0 Å². The Hall–Kier alpha value is 0.180. The van der Waals surface area contributed by atoms with Crippen LogP contribution in [0.3, 0.4) is 0 Å². The summed E-state index contributed by atoms with van der Waals surface area (Å²) in [6.45, 7) is 4.28. The van der Waals surface area contributed by atoms with Gasteiger partial charge in [0.05, 0.1) is 4.20 Å². The number of thiocarbonyl (C=S) groups is 1. The fourth-order valence-electron chi connectivity index (χ4n) is 0.739. The topological polar surface area (TPSA) is 0 Å². The zero-order valence-corrected chi connectivity index (χ0v) is 8.27. The molecule has 0 aliphatic carbocycles. The van der Waals surface area contributed by atoms with E-state index in [2.05, 4.69) is 26.5 Å². The third-order valence-electron chi connectivity index (χ3n) is 1.29. The minimum Gasteiger partial charge on any atom is -0.132 e. The van der Waals surface area contributed by atoms with Gasteiger partial charge in [0, 0.05) is 0 Å². The number of rotatable bonds is 4. The highest BCUT2D eigenvalue weighted by Gasteiger charge is 1.88. The molecule has 0 aliphatic heterocycles. The minimum absolute atomic E-state index is 0.689. The van der Waals surface area contributed by atoms with E-state index < -0.39 is 0 Å². The van der Waals surface area contributed by atoms with Crippen molar-refractivity contribution in [1.82, 2.24) is 0 Å². The molecule has 0 aromatic heterocycles. The van der Waals surface area contributed by atoms with Crippen LogP contribution in [0.15, 0.2) is 11.6 Å². The third-order valence-corrected chi connectivity index (χ3v) is 1.54. The highest BCUT2D eigenvalue weighted by atomic mass is 32.1. The number of hydrogen-bond acceptors (Lipinski definition) is 1. The third kappa shape index (κ3) is 6.30. The van der Waals surface area contributed by atoms with Gasteiger partial charge < -0.3 is 0 Å². The molecule has 0 rings (SSSR count). The van der Waals surface area contributed by atoms with Gasteiger partial charge in [-0.2, -0.15) is 0 Å². The molecular formula is C8H14S2. The summed E-state index contributed by atoms with van der Waals surface area (Å²) in [5, 5.41) is 0. The van der Waals surface area contributed by atoms with Gasteiger partial charge in [-0.25, -0.2) is 0 Å². The van der Waals surface area contributed by atoms with Crippen LogP contribution < -0.4 is 0 Å². The first kappa shape index (κ1) is 10.2. The Kier molecular flexibility index (Phi) is 6.03. The lowest BCUT2D eigenvalue weighted by Crippen LogP contribution is -1.80. The molecule has 0 saturated heterocycles. The van der Waals surface area contributed by atoms with Gasteiger partial charge in [-0.05, 0) is 25.8 Å². The van der Waals surface area contributed by atoms with E-state index in [0.717, 1.165) is 6.42 Å². The maximum absolute atomic E-state index is 4.81. The molecule has 0 bridgehead atoms. The van der Waals surface area contributed by atoms with Gasteiger partial charge in [-0.3, -0.25) is 0 Å². The van der Waals surface area contributed by atoms with Crippen molar-refractivity contribution in [3.63, 3.8) is 0 Å². The lowest BCUT2D eigenvalue weighted by Gasteiger charge is -1.96. The second-order valence-electron chi connectivity index (χ2n) is 2.43. The molecule has 58 valence electrons. The smallest absolute Gasteiger partial charge is 0.0674 e. The Morgan fingerprint density at radius 1 is 1.60 bits per heavy atom. The lowest BCUT2D eigenvalue weighted by molar-refractivity contribution is 0.788. The average Bonchev–Trinajstić information content (AvgIpc) is 1.82. The molecule has 10 heavy (non-hydrogen) atoms. The van der Waals surface area contributed by atoms with Gasteiger partial charge in [0.2, 0.25) is 0 Å². The van der Waals surface area contributed by atoms with Gasteiger partial charge in [-0.15, -0.1) is 12.6 Å². The maximum atomic E-state index is 4.81. The van der Waals surface area contributed by atoms with Crippen LogP contribution in [0, 0.1) is 0 Å². The molecule has 0 aromatic rings. The molecule has 0 radical (unpaired) electrons. The van der Waals surface area contributed by atoms with Crippen LogP contribution in [-0.4, -0.2) is 4.20 Å². The molecule has 0 aromatic carbocycles. The Bertz CT molecular complexity index is 136.